The van der Waals surface area contributed by atoms with Gasteiger partial charge >= 0.3 is 5.97 Å². The molecule has 0 aliphatic heterocycles. The van der Waals surface area contributed by atoms with E-state index in [9.17, 15) is 4.79 Å². The monoisotopic (exact) mass is 284 g/mol. The normalized spacial score (nSPS) is 11.6. The summed E-state index contributed by atoms with van der Waals surface area (Å²) < 4.78 is 5.26. The average Bonchev–Trinajstić information content (AvgIpc) is 2.33. The van der Waals surface area contributed by atoms with Gasteiger partial charge in [-0.05, 0) is 37.1 Å². The number of hydrogen-bond acceptors (Lipinski definition) is 4. The van der Waals surface area contributed by atoms with Crippen LogP contribution in [0.25, 0.3) is 10.4 Å². The van der Waals surface area contributed by atoms with Gasteiger partial charge in [-0.3, -0.25) is 4.79 Å². The highest BCUT2D eigenvalue weighted by Crippen LogP contribution is 2.26. The van der Waals surface area contributed by atoms with Crippen LogP contribution < -0.4 is 5.32 Å². The van der Waals surface area contributed by atoms with Crippen LogP contribution in [0, 0.1) is 11.8 Å². The van der Waals surface area contributed by atoms with Crippen molar-refractivity contribution in [3.8, 4) is 0 Å². The molecule has 0 bridgehead atoms. The molecular weight excluding hydrogens is 256 g/mol. The fourth-order valence-electron chi connectivity index (χ4n) is 2.52. The quantitative estimate of drug-likeness (QED) is 0.219. The highest BCUT2D eigenvalue weighted by molar-refractivity contribution is 5.81. The second kappa shape index (κ2) is 9.61. The number of nitrogens with one attached hydrogen (secondary N) is 1. The zero-order chi connectivity index (χ0) is 15.6. The molecule has 6 heteroatoms. The van der Waals surface area contributed by atoms with E-state index >= 15 is 0 Å². The van der Waals surface area contributed by atoms with Crippen molar-refractivity contribution >= 4 is 5.97 Å². The van der Waals surface area contributed by atoms with Gasteiger partial charge in [-0.15, -0.1) is 0 Å². The molecule has 0 spiro atoms. The predicted molar refractivity (Wildman–Crippen MR) is 80.3 cm³/mol. The van der Waals surface area contributed by atoms with E-state index in [1.54, 1.807) is 0 Å². The summed E-state index contributed by atoms with van der Waals surface area (Å²) in [5, 5.41) is 6.78. The Kier molecular flexibility index (Phi) is 9.01. The predicted octanol–water partition coefficient (Wildman–Crippen LogP) is 3.28. The Balaban J connectivity index is 5.07. The van der Waals surface area contributed by atoms with Crippen LogP contribution in [0.5, 0.6) is 0 Å². The van der Waals surface area contributed by atoms with Crippen molar-refractivity contribution in [2.45, 2.75) is 53.0 Å². The number of esters is 1. The van der Waals surface area contributed by atoms with Gasteiger partial charge in [0, 0.05) is 18.0 Å². The Morgan fingerprint density at radius 1 is 1.30 bits per heavy atom. The molecule has 20 heavy (non-hydrogen) atoms. The summed E-state index contributed by atoms with van der Waals surface area (Å²) in [6.07, 6.45) is 1.42. The van der Waals surface area contributed by atoms with Gasteiger partial charge in [0.2, 0.25) is 0 Å². The molecule has 0 aromatic carbocycles. The highest BCUT2D eigenvalue weighted by Gasteiger charge is 2.40. The summed E-state index contributed by atoms with van der Waals surface area (Å²) in [7, 11) is 0. The lowest BCUT2D eigenvalue weighted by atomic mass is 9.81. The van der Waals surface area contributed by atoms with Crippen molar-refractivity contribution in [1.82, 2.24) is 5.32 Å². The average molecular weight is 284 g/mol. The fraction of sp³-hybridized carbons (Fsp3) is 0.929. The van der Waals surface area contributed by atoms with Gasteiger partial charge in [0.1, 0.15) is 5.54 Å². The summed E-state index contributed by atoms with van der Waals surface area (Å²) in [4.78, 5) is 15.1. The number of nitrogens with zero attached hydrogens (tertiary/aromatic N) is 3. The van der Waals surface area contributed by atoms with Crippen LogP contribution in [-0.4, -0.2) is 31.2 Å². The fourth-order valence-corrected chi connectivity index (χ4v) is 2.52. The molecule has 0 aliphatic carbocycles. The number of ether oxygens (including phenoxy) is 1. The SMILES string of the molecule is CCOC(=O)C(CC(C)C)(CC(C)C)NCCN=[N+]=[N-]. The molecule has 0 aromatic rings. The van der Waals surface area contributed by atoms with Crippen molar-refractivity contribution in [3.05, 3.63) is 10.4 Å². The molecule has 0 aromatic heterocycles. The maximum atomic E-state index is 12.4. The van der Waals surface area contributed by atoms with Crippen LogP contribution in [-0.2, 0) is 9.53 Å². The summed E-state index contributed by atoms with van der Waals surface area (Å²) in [6, 6.07) is 0. The first kappa shape index (κ1) is 18.7. The zero-order valence-corrected chi connectivity index (χ0v) is 13.3. The van der Waals surface area contributed by atoms with E-state index in [1.807, 2.05) is 6.92 Å². The van der Waals surface area contributed by atoms with E-state index in [-0.39, 0.29) is 5.97 Å². The van der Waals surface area contributed by atoms with Gasteiger partial charge in [-0.2, -0.15) is 0 Å². The molecule has 1 N–H and O–H groups in total. The maximum absolute atomic E-state index is 12.4. The summed E-state index contributed by atoms with van der Waals surface area (Å²) in [5.41, 5.74) is 7.63. The van der Waals surface area contributed by atoms with E-state index in [0.29, 0.717) is 44.4 Å². The van der Waals surface area contributed by atoms with Crippen molar-refractivity contribution in [3.63, 3.8) is 0 Å². The standard InChI is InChI=1S/C14H28N4O2/c1-6-20-13(19)14(9-11(2)3,10-12(4)5)16-7-8-17-18-15/h11-12,16H,6-10H2,1-5H3. The Bertz CT molecular complexity index is 326. The molecule has 0 aliphatic rings. The van der Waals surface area contributed by atoms with E-state index in [4.69, 9.17) is 10.3 Å². The van der Waals surface area contributed by atoms with Crippen LogP contribution in [0.15, 0.2) is 5.11 Å². The van der Waals surface area contributed by atoms with Crippen molar-refractivity contribution in [1.29, 1.82) is 0 Å². The minimum absolute atomic E-state index is 0.205. The lowest BCUT2D eigenvalue weighted by molar-refractivity contribution is -0.153. The number of rotatable bonds is 10. The second-order valence-corrected chi connectivity index (χ2v) is 5.88. The topological polar surface area (TPSA) is 87.1 Å². The van der Waals surface area contributed by atoms with E-state index in [2.05, 4.69) is 43.0 Å². The van der Waals surface area contributed by atoms with Gasteiger partial charge in [0.25, 0.3) is 0 Å². The molecule has 0 atom stereocenters. The van der Waals surface area contributed by atoms with Crippen LogP contribution in [0.1, 0.15) is 47.5 Å². The van der Waals surface area contributed by atoms with Gasteiger partial charge < -0.3 is 10.1 Å². The van der Waals surface area contributed by atoms with Crippen LogP contribution >= 0.6 is 0 Å². The Labute approximate surface area is 121 Å². The van der Waals surface area contributed by atoms with Gasteiger partial charge in [0.15, 0.2) is 0 Å². The molecule has 0 amide bonds. The summed E-state index contributed by atoms with van der Waals surface area (Å²) >= 11 is 0. The molecule has 0 saturated carbocycles. The molecule has 116 valence electrons. The molecule has 0 unspecified atom stereocenters. The van der Waals surface area contributed by atoms with E-state index < -0.39 is 5.54 Å². The van der Waals surface area contributed by atoms with E-state index in [0.717, 1.165) is 0 Å². The van der Waals surface area contributed by atoms with Crippen molar-refractivity contribution in [2.24, 2.45) is 17.0 Å². The largest absolute Gasteiger partial charge is 0.465 e. The Hall–Kier alpha value is -1.26. The van der Waals surface area contributed by atoms with Crippen LogP contribution in [0.4, 0.5) is 0 Å². The molecule has 0 heterocycles. The van der Waals surface area contributed by atoms with Crippen LogP contribution in [0.2, 0.25) is 0 Å². The van der Waals surface area contributed by atoms with Crippen LogP contribution in [0.3, 0.4) is 0 Å². The zero-order valence-electron chi connectivity index (χ0n) is 13.3. The lowest BCUT2D eigenvalue weighted by Gasteiger charge is -2.35. The first-order chi connectivity index (χ1) is 9.38. The smallest absolute Gasteiger partial charge is 0.326 e. The minimum Gasteiger partial charge on any atom is -0.465 e. The number of hydrogen-bond donors (Lipinski definition) is 1. The lowest BCUT2D eigenvalue weighted by Crippen LogP contribution is -2.55. The maximum Gasteiger partial charge on any atom is 0.326 e. The third-order valence-electron chi connectivity index (χ3n) is 2.92. The highest BCUT2D eigenvalue weighted by atomic mass is 16.5. The third-order valence-corrected chi connectivity index (χ3v) is 2.92. The molecule has 0 saturated heterocycles. The van der Waals surface area contributed by atoms with Gasteiger partial charge in [0.05, 0.1) is 6.61 Å². The second-order valence-electron chi connectivity index (χ2n) is 5.88. The minimum atomic E-state index is -0.691. The number of carbonyl (C=O) groups is 1. The third kappa shape index (κ3) is 6.78. The number of carbonyl (C=O) groups excluding carboxylic acids is 1. The Morgan fingerprint density at radius 3 is 2.25 bits per heavy atom. The van der Waals surface area contributed by atoms with Crippen molar-refractivity contribution < 1.29 is 9.53 Å². The van der Waals surface area contributed by atoms with Gasteiger partial charge in [-0.1, -0.05) is 32.8 Å². The Morgan fingerprint density at radius 2 is 1.85 bits per heavy atom. The first-order valence-corrected chi connectivity index (χ1v) is 7.31. The van der Waals surface area contributed by atoms with E-state index in [1.165, 1.54) is 0 Å². The number of azide groups is 1. The first-order valence-electron chi connectivity index (χ1n) is 7.31. The summed E-state index contributed by atoms with van der Waals surface area (Å²) in [6.45, 7) is 11.3. The van der Waals surface area contributed by atoms with Gasteiger partial charge in [-0.25, -0.2) is 0 Å². The molecule has 6 nitrogen and oxygen atoms in total. The molecule has 0 fully saturated rings. The summed E-state index contributed by atoms with van der Waals surface area (Å²) in [5.74, 6) is 0.526. The molecular formula is C14H28N4O2. The molecule has 0 radical (unpaired) electrons. The van der Waals surface area contributed by atoms with Crippen molar-refractivity contribution in [2.75, 3.05) is 19.7 Å². The molecule has 0 rings (SSSR count).